The van der Waals surface area contributed by atoms with Gasteiger partial charge in [-0.05, 0) is 24.3 Å². The first-order valence-electron chi connectivity index (χ1n) is 9.31. The largest absolute Gasteiger partial charge is 0.508 e. The molecule has 1 aromatic rings. The fourth-order valence-corrected chi connectivity index (χ4v) is 3.31. The normalized spacial score (nSPS) is 42.1. The van der Waals surface area contributed by atoms with Gasteiger partial charge in [-0.15, -0.1) is 0 Å². The van der Waals surface area contributed by atoms with E-state index >= 15 is 0 Å². The van der Waals surface area contributed by atoms with Gasteiger partial charge in [-0.2, -0.15) is 0 Å². The second-order valence-electron chi connectivity index (χ2n) is 7.12. The van der Waals surface area contributed by atoms with Crippen molar-refractivity contribution in [2.45, 2.75) is 61.4 Å². The van der Waals surface area contributed by atoms with Crippen molar-refractivity contribution in [3.8, 4) is 11.5 Å². The number of aromatic hydroxyl groups is 1. The lowest BCUT2D eigenvalue weighted by Gasteiger charge is -2.45. The van der Waals surface area contributed by atoms with Crippen molar-refractivity contribution >= 4 is 0 Å². The average molecular weight is 434 g/mol. The predicted octanol–water partition coefficient (Wildman–Crippen LogP) is -3.60. The molecule has 0 aliphatic carbocycles. The van der Waals surface area contributed by atoms with Crippen LogP contribution >= 0.6 is 0 Å². The minimum absolute atomic E-state index is 0.00581. The van der Waals surface area contributed by atoms with Crippen molar-refractivity contribution in [1.29, 1.82) is 0 Å². The molecule has 0 bridgehead atoms. The van der Waals surface area contributed by atoms with Crippen LogP contribution in [0, 0.1) is 0 Å². The summed E-state index contributed by atoms with van der Waals surface area (Å²) in [6, 6.07) is 5.50. The van der Waals surface area contributed by atoms with Crippen LogP contribution in [0.3, 0.4) is 0 Å². The van der Waals surface area contributed by atoms with Crippen LogP contribution in [0.4, 0.5) is 0 Å². The number of benzene rings is 1. The Hall–Kier alpha value is -1.58. The highest BCUT2D eigenvalue weighted by molar-refractivity contribution is 5.30. The molecule has 0 aromatic heterocycles. The summed E-state index contributed by atoms with van der Waals surface area (Å²) < 4.78 is 21.6. The first-order valence-corrected chi connectivity index (χ1v) is 9.31. The summed E-state index contributed by atoms with van der Waals surface area (Å²) in [6.45, 7) is -1.34. The fraction of sp³-hybridized carbons (Fsp3) is 0.667. The van der Waals surface area contributed by atoms with Crippen LogP contribution in [0.25, 0.3) is 0 Å². The zero-order valence-corrected chi connectivity index (χ0v) is 15.7. The van der Waals surface area contributed by atoms with Gasteiger partial charge in [-0.1, -0.05) is 0 Å². The number of aliphatic hydroxyl groups is 7. The lowest BCUT2D eigenvalue weighted by Crippen LogP contribution is -2.65. The maximum Gasteiger partial charge on any atom is 0.229 e. The van der Waals surface area contributed by atoms with Crippen LogP contribution in [0.1, 0.15) is 0 Å². The number of phenolic OH excluding ortho intramolecular Hbond substituents is 1. The minimum Gasteiger partial charge on any atom is -0.508 e. The van der Waals surface area contributed by atoms with E-state index in [-0.39, 0.29) is 11.5 Å². The summed E-state index contributed by atoms with van der Waals surface area (Å²) in [5.41, 5.74) is 0. The molecule has 12 heteroatoms. The first kappa shape index (κ1) is 23.1. The SMILES string of the molecule is OC[C@H]1O[C@@H](O[C@H]2[C@H](O)[C@@H](O)[C@H](Oc3ccc(O)cc3)O[C@@H]2CO)[C@H](O)[C@@H](O)[C@@H]1O. The predicted molar refractivity (Wildman–Crippen MR) is 95.1 cm³/mol. The van der Waals surface area contributed by atoms with Gasteiger partial charge in [-0.3, -0.25) is 0 Å². The quantitative estimate of drug-likeness (QED) is 0.219. The van der Waals surface area contributed by atoms with Crippen molar-refractivity contribution in [3.05, 3.63) is 24.3 Å². The second-order valence-corrected chi connectivity index (χ2v) is 7.12. The molecule has 2 heterocycles. The molecule has 0 unspecified atom stereocenters. The van der Waals surface area contributed by atoms with Gasteiger partial charge in [0.15, 0.2) is 6.29 Å². The minimum atomic E-state index is -1.74. The van der Waals surface area contributed by atoms with Gasteiger partial charge in [0.1, 0.15) is 60.3 Å². The zero-order valence-electron chi connectivity index (χ0n) is 15.7. The standard InChI is InChI=1S/C18H26O12/c19-5-9-11(22)12(23)14(25)18(28-9)30-16-10(6-20)29-17(15(26)13(16)24)27-8-3-1-7(21)2-4-8/h1-4,9-26H,5-6H2/t9-,10-,11-,12+,13-,14-,15-,16-,17-,18+/m1/s1. The van der Waals surface area contributed by atoms with Gasteiger partial charge in [0.05, 0.1) is 13.2 Å². The summed E-state index contributed by atoms with van der Waals surface area (Å²) in [5, 5.41) is 78.9. The molecule has 3 rings (SSSR count). The third kappa shape index (κ3) is 4.68. The molecule has 0 amide bonds. The number of ether oxygens (including phenoxy) is 4. The molecule has 12 nitrogen and oxygen atoms in total. The topological polar surface area (TPSA) is 199 Å². The van der Waals surface area contributed by atoms with E-state index in [4.69, 9.17) is 18.9 Å². The summed E-state index contributed by atoms with van der Waals surface area (Å²) >= 11 is 0. The van der Waals surface area contributed by atoms with E-state index in [0.29, 0.717) is 0 Å². The Kier molecular flexibility index (Phi) is 7.47. The highest BCUT2D eigenvalue weighted by Crippen LogP contribution is 2.30. The molecule has 2 aliphatic heterocycles. The van der Waals surface area contributed by atoms with E-state index in [1.54, 1.807) is 0 Å². The summed E-state index contributed by atoms with van der Waals surface area (Å²) in [5.74, 6) is 0.211. The van der Waals surface area contributed by atoms with Crippen molar-refractivity contribution in [1.82, 2.24) is 0 Å². The number of hydrogen-bond donors (Lipinski definition) is 8. The fourth-order valence-electron chi connectivity index (χ4n) is 3.31. The Morgan fingerprint density at radius 1 is 0.700 bits per heavy atom. The zero-order chi connectivity index (χ0) is 22.0. The van der Waals surface area contributed by atoms with Gasteiger partial charge in [0, 0.05) is 0 Å². The average Bonchev–Trinajstić information content (AvgIpc) is 2.74. The molecule has 2 saturated heterocycles. The van der Waals surface area contributed by atoms with E-state index < -0.39 is 74.6 Å². The van der Waals surface area contributed by atoms with Crippen LogP contribution in [-0.2, 0) is 14.2 Å². The van der Waals surface area contributed by atoms with Crippen LogP contribution in [0.15, 0.2) is 24.3 Å². The molecule has 8 N–H and O–H groups in total. The Morgan fingerprint density at radius 2 is 1.27 bits per heavy atom. The van der Waals surface area contributed by atoms with Crippen molar-refractivity contribution < 1.29 is 59.8 Å². The molecule has 0 radical (unpaired) electrons. The van der Waals surface area contributed by atoms with Crippen molar-refractivity contribution in [3.63, 3.8) is 0 Å². The van der Waals surface area contributed by atoms with E-state index in [0.717, 1.165) is 0 Å². The number of rotatable bonds is 6. The second kappa shape index (κ2) is 9.70. The maximum absolute atomic E-state index is 10.5. The molecular formula is C18H26O12. The Morgan fingerprint density at radius 3 is 1.87 bits per heavy atom. The van der Waals surface area contributed by atoms with E-state index in [1.165, 1.54) is 24.3 Å². The lowest BCUT2D eigenvalue weighted by molar-refractivity contribution is -0.352. The van der Waals surface area contributed by atoms with E-state index in [9.17, 15) is 40.9 Å². The maximum atomic E-state index is 10.5. The summed E-state index contributed by atoms with van der Waals surface area (Å²) in [4.78, 5) is 0. The molecule has 2 aliphatic rings. The number of hydrogen-bond acceptors (Lipinski definition) is 12. The first-order chi connectivity index (χ1) is 14.3. The highest BCUT2D eigenvalue weighted by Gasteiger charge is 2.51. The Labute approximate surface area is 171 Å². The molecule has 0 spiro atoms. The summed E-state index contributed by atoms with van der Waals surface area (Å²) in [7, 11) is 0. The van der Waals surface area contributed by atoms with Gasteiger partial charge in [0.25, 0.3) is 0 Å². The van der Waals surface area contributed by atoms with Gasteiger partial charge >= 0.3 is 0 Å². The third-order valence-electron chi connectivity index (χ3n) is 5.05. The molecule has 0 saturated carbocycles. The third-order valence-corrected chi connectivity index (χ3v) is 5.05. The highest BCUT2D eigenvalue weighted by atomic mass is 16.7. The smallest absolute Gasteiger partial charge is 0.229 e. The van der Waals surface area contributed by atoms with Crippen LogP contribution in [0.5, 0.6) is 11.5 Å². The van der Waals surface area contributed by atoms with Crippen LogP contribution in [0.2, 0.25) is 0 Å². The molecular weight excluding hydrogens is 408 g/mol. The molecule has 1 aromatic carbocycles. The van der Waals surface area contributed by atoms with Crippen molar-refractivity contribution in [2.75, 3.05) is 13.2 Å². The van der Waals surface area contributed by atoms with Gasteiger partial charge in [-0.25, -0.2) is 0 Å². The van der Waals surface area contributed by atoms with E-state index in [2.05, 4.69) is 0 Å². The van der Waals surface area contributed by atoms with E-state index in [1.807, 2.05) is 0 Å². The Balaban J connectivity index is 1.71. The lowest BCUT2D eigenvalue weighted by atomic mass is 9.97. The molecule has 10 atom stereocenters. The number of aliphatic hydroxyl groups excluding tert-OH is 7. The molecule has 170 valence electrons. The van der Waals surface area contributed by atoms with Crippen LogP contribution < -0.4 is 4.74 Å². The van der Waals surface area contributed by atoms with Gasteiger partial charge in [0.2, 0.25) is 6.29 Å². The van der Waals surface area contributed by atoms with Crippen molar-refractivity contribution in [2.24, 2.45) is 0 Å². The Bertz CT molecular complexity index is 668. The van der Waals surface area contributed by atoms with Gasteiger partial charge < -0.3 is 59.8 Å². The summed E-state index contributed by atoms with van der Waals surface area (Å²) in [6.07, 6.45) is -15.2. The van der Waals surface area contributed by atoms with Crippen LogP contribution in [-0.4, -0.2) is 115 Å². The number of phenols is 1. The molecule has 2 fully saturated rings. The monoisotopic (exact) mass is 434 g/mol. The molecule has 30 heavy (non-hydrogen) atoms.